The number of carbonyl (C=O) groups is 1. The van der Waals surface area contributed by atoms with Crippen LogP contribution in [-0.4, -0.2) is 25.4 Å². The minimum absolute atomic E-state index is 0.109. The largest absolute Gasteiger partial charge is 0.376 e. The molecule has 0 radical (unpaired) electrons. The highest BCUT2D eigenvalue weighted by Crippen LogP contribution is 2.29. The smallest absolute Gasteiger partial charge is 0.294 e. The number of ketones is 1. The number of carbonyl (C=O) groups excluding carboxylic acids is 1. The van der Waals surface area contributed by atoms with Crippen molar-refractivity contribution in [2.45, 2.75) is 31.8 Å². The summed E-state index contributed by atoms with van der Waals surface area (Å²) in [5.74, 6) is -0.131. The van der Waals surface area contributed by atoms with E-state index in [1.54, 1.807) is 36.4 Å². The van der Waals surface area contributed by atoms with Gasteiger partial charge in [0.05, 0.1) is 23.1 Å². The minimum atomic E-state index is -4.32. The lowest BCUT2D eigenvalue weighted by atomic mass is 9.99. The summed E-state index contributed by atoms with van der Waals surface area (Å²) in [6.45, 7) is 4.25. The van der Waals surface area contributed by atoms with Crippen LogP contribution in [-0.2, 0) is 27.9 Å². The molecule has 6 nitrogen and oxygen atoms in total. The Labute approximate surface area is 241 Å². The summed E-state index contributed by atoms with van der Waals surface area (Å²) in [6, 6.07) is 23.1. The van der Waals surface area contributed by atoms with Gasteiger partial charge in [0.2, 0.25) is 0 Å². The second-order valence-electron chi connectivity index (χ2n) is 9.15. The topological polar surface area (TPSA) is 92.7 Å². The van der Waals surface area contributed by atoms with Crippen molar-refractivity contribution in [1.29, 1.82) is 0 Å². The van der Waals surface area contributed by atoms with Crippen LogP contribution < -0.4 is 5.32 Å². The number of hydrogen-bond acceptors (Lipinski definition) is 5. The van der Waals surface area contributed by atoms with Crippen molar-refractivity contribution in [2.75, 3.05) is 11.9 Å². The molecule has 0 aliphatic carbocycles. The van der Waals surface area contributed by atoms with Crippen molar-refractivity contribution in [3.05, 3.63) is 122 Å². The van der Waals surface area contributed by atoms with E-state index in [-0.39, 0.29) is 23.9 Å². The highest BCUT2D eigenvalue weighted by molar-refractivity contribution is 9.10. The van der Waals surface area contributed by atoms with E-state index in [1.807, 2.05) is 50.2 Å². The maximum atomic E-state index is 13.0. The van der Waals surface area contributed by atoms with Crippen LogP contribution in [0, 0.1) is 13.8 Å². The molecule has 9 heteroatoms. The van der Waals surface area contributed by atoms with Crippen LogP contribution in [0.1, 0.15) is 38.2 Å². The van der Waals surface area contributed by atoms with Gasteiger partial charge in [-0.3, -0.25) is 9.35 Å². The van der Waals surface area contributed by atoms with Crippen molar-refractivity contribution < 1.29 is 22.5 Å². The molecular formula is C30H27BrClNO5S. The Hall–Kier alpha value is -3.01. The Morgan fingerprint density at radius 2 is 1.72 bits per heavy atom. The van der Waals surface area contributed by atoms with E-state index in [0.717, 1.165) is 26.9 Å². The summed E-state index contributed by atoms with van der Waals surface area (Å²) in [5, 5.41) is 3.69. The second kappa shape index (κ2) is 12.4. The van der Waals surface area contributed by atoms with E-state index in [0.29, 0.717) is 33.8 Å². The summed E-state index contributed by atoms with van der Waals surface area (Å²) in [4.78, 5) is 12.9. The lowest BCUT2D eigenvalue weighted by molar-refractivity contribution is 0.103. The average molecular weight is 629 g/mol. The minimum Gasteiger partial charge on any atom is -0.376 e. The molecule has 0 atom stereocenters. The second-order valence-corrected chi connectivity index (χ2v) is 11.9. The Morgan fingerprint density at radius 1 is 0.949 bits per heavy atom. The molecule has 4 rings (SSSR count). The van der Waals surface area contributed by atoms with Crippen LogP contribution in [0.5, 0.6) is 0 Å². The molecule has 0 heterocycles. The van der Waals surface area contributed by atoms with Crippen molar-refractivity contribution in [2.24, 2.45) is 0 Å². The number of rotatable bonds is 10. The fraction of sp³-hybridized carbons (Fsp3) is 0.167. The van der Waals surface area contributed by atoms with Gasteiger partial charge in [0.15, 0.2) is 5.78 Å². The number of aryl methyl sites for hydroxylation is 2. The van der Waals surface area contributed by atoms with Gasteiger partial charge in [-0.15, -0.1) is 0 Å². The summed E-state index contributed by atoms with van der Waals surface area (Å²) in [5.41, 5.74) is 5.68. The Kier molecular flexibility index (Phi) is 9.25. The molecule has 0 spiro atoms. The first-order valence-electron chi connectivity index (χ1n) is 12.1. The number of anilines is 2. The summed E-state index contributed by atoms with van der Waals surface area (Å²) in [6.07, 6.45) is 0.319. The van der Waals surface area contributed by atoms with Crippen molar-refractivity contribution in [1.82, 2.24) is 0 Å². The molecule has 0 aliphatic rings. The molecule has 0 amide bonds. The average Bonchev–Trinajstić information content (AvgIpc) is 2.87. The standard InChI is InChI=1S/C30H27BrClNO5S/c1-19-7-12-29(39(35,36)37)21(15-19)13-14-38-18-22-16-23(31)8-11-28(22)33-24-9-10-26(27(32)17-24)30(34)25-6-4-3-5-20(25)2/h3-12,15-17,33H,13-14,18H2,1-2H3,(H,35,36,37). The zero-order chi connectivity index (χ0) is 28.2. The monoisotopic (exact) mass is 627 g/mol. The molecule has 0 bridgehead atoms. The van der Waals surface area contributed by atoms with E-state index in [2.05, 4.69) is 21.2 Å². The quantitative estimate of drug-likeness (QED) is 0.106. The zero-order valence-electron chi connectivity index (χ0n) is 21.4. The maximum Gasteiger partial charge on any atom is 0.294 e. The van der Waals surface area contributed by atoms with Gasteiger partial charge < -0.3 is 10.1 Å². The van der Waals surface area contributed by atoms with Gasteiger partial charge in [-0.25, -0.2) is 0 Å². The first-order chi connectivity index (χ1) is 18.5. The molecule has 39 heavy (non-hydrogen) atoms. The van der Waals surface area contributed by atoms with Gasteiger partial charge in [0.1, 0.15) is 0 Å². The molecule has 0 saturated heterocycles. The fourth-order valence-electron chi connectivity index (χ4n) is 4.23. The van der Waals surface area contributed by atoms with Gasteiger partial charge in [-0.05, 0) is 73.9 Å². The highest BCUT2D eigenvalue weighted by atomic mass is 79.9. The zero-order valence-corrected chi connectivity index (χ0v) is 24.5. The fourth-order valence-corrected chi connectivity index (χ4v) is 5.64. The number of nitrogens with one attached hydrogen (secondary N) is 1. The van der Waals surface area contributed by atoms with Crippen LogP contribution in [0.15, 0.2) is 88.2 Å². The number of ether oxygens (including phenoxy) is 1. The van der Waals surface area contributed by atoms with Crippen LogP contribution in [0.3, 0.4) is 0 Å². The third-order valence-corrected chi connectivity index (χ3v) is 7.98. The lowest BCUT2D eigenvalue weighted by Gasteiger charge is -2.15. The summed E-state index contributed by atoms with van der Waals surface area (Å²) >= 11 is 10.0. The van der Waals surface area contributed by atoms with Crippen LogP contribution >= 0.6 is 27.5 Å². The highest BCUT2D eigenvalue weighted by Gasteiger charge is 2.17. The van der Waals surface area contributed by atoms with Crippen LogP contribution in [0.2, 0.25) is 5.02 Å². The Balaban J connectivity index is 1.46. The van der Waals surface area contributed by atoms with Gasteiger partial charge in [0.25, 0.3) is 10.1 Å². The van der Waals surface area contributed by atoms with Crippen molar-refractivity contribution in [3.8, 4) is 0 Å². The van der Waals surface area contributed by atoms with E-state index in [9.17, 15) is 17.8 Å². The third kappa shape index (κ3) is 7.35. The first-order valence-corrected chi connectivity index (χ1v) is 14.7. The molecule has 0 saturated carbocycles. The van der Waals surface area contributed by atoms with Gasteiger partial charge in [-0.2, -0.15) is 8.42 Å². The molecule has 4 aromatic rings. The third-order valence-electron chi connectivity index (χ3n) is 6.22. The normalized spacial score (nSPS) is 11.4. The summed E-state index contributed by atoms with van der Waals surface area (Å²) < 4.78 is 39.7. The molecule has 0 aromatic heterocycles. The number of benzene rings is 4. The van der Waals surface area contributed by atoms with E-state index in [1.165, 1.54) is 6.07 Å². The lowest BCUT2D eigenvalue weighted by Crippen LogP contribution is -2.07. The molecular weight excluding hydrogens is 602 g/mol. The molecule has 0 fully saturated rings. The first kappa shape index (κ1) is 29.0. The molecule has 2 N–H and O–H groups in total. The number of hydrogen-bond donors (Lipinski definition) is 2. The van der Waals surface area contributed by atoms with Crippen molar-refractivity contribution >= 4 is 54.8 Å². The van der Waals surface area contributed by atoms with E-state index in [4.69, 9.17) is 16.3 Å². The van der Waals surface area contributed by atoms with Crippen LogP contribution in [0.25, 0.3) is 0 Å². The van der Waals surface area contributed by atoms with Gasteiger partial charge in [0, 0.05) is 32.5 Å². The Morgan fingerprint density at radius 3 is 2.44 bits per heavy atom. The maximum absolute atomic E-state index is 13.0. The van der Waals surface area contributed by atoms with Crippen LogP contribution in [0.4, 0.5) is 11.4 Å². The van der Waals surface area contributed by atoms with E-state index < -0.39 is 10.1 Å². The number of halogens is 2. The molecule has 0 unspecified atom stereocenters. The summed E-state index contributed by atoms with van der Waals surface area (Å²) in [7, 11) is -4.32. The van der Waals surface area contributed by atoms with Gasteiger partial charge in [-0.1, -0.05) is 69.5 Å². The predicted molar refractivity (Wildman–Crippen MR) is 158 cm³/mol. The van der Waals surface area contributed by atoms with E-state index >= 15 is 0 Å². The molecule has 0 aliphatic heterocycles. The van der Waals surface area contributed by atoms with Crippen molar-refractivity contribution in [3.63, 3.8) is 0 Å². The SMILES string of the molecule is Cc1ccc(S(=O)(=O)O)c(CCOCc2cc(Br)ccc2Nc2ccc(C(=O)c3ccccc3C)c(Cl)c2)c1. The predicted octanol–water partition coefficient (Wildman–Crippen LogP) is 7.70. The molecule has 202 valence electrons. The van der Waals surface area contributed by atoms with Gasteiger partial charge >= 0.3 is 0 Å². The Bertz CT molecular complexity index is 1640. The molecule has 4 aromatic carbocycles.